The van der Waals surface area contributed by atoms with Gasteiger partial charge in [0.2, 0.25) is 0 Å². The molecule has 14 heavy (non-hydrogen) atoms. The molecule has 3 N–H and O–H groups in total. The highest BCUT2D eigenvalue weighted by Crippen LogP contribution is 2.14. The Morgan fingerprint density at radius 3 is 2.93 bits per heavy atom. The molecule has 4 heteroatoms. The Morgan fingerprint density at radius 2 is 2.36 bits per heavy atom. The van der Waals surface area contributed by atoms with Crippen LogP contribution in [0, 0.1) is 6.92 Å². The van der Waals surface area contributed by atoms with E-state index >= 15 is 0 Å². The van der Waals surface area contributed by atoms with Crippen molar-refractivity contribution < 1.29 is 0 Å². The molecule has 0 aromatic carbocycles. The van der Waals surface area contributed by atoms with Crippen LogP contribution >= 0.6 is 11.8 Å². The highest BCUT2D eigenvalue weighted by Gasteiger charge is 2.02. The summed E-state index contributed by atoms with van der Waals surface area (Å²) < 4.78 is 0. The number of aryl methyl sites for hydroxylation is 1. The standard InChI is InChI=1S/C10H17N3S/c1-7-4-10(12-5-9(7)11)13-8(2)6-14-3/h4-5,8H,6,11H2,1-3H3,(H,12,13). The van der Waals surface area contributed by atoms with E-state index in [0.29, 0.717) is 6.04 Å². The first-order chi connectivity index (χ1) is 6.63. The third-order valence-electron chi connectivity index (χ3n) is 1.96. The summed E-state index contributed by atoms with van der Waals surface area (Å²) in [6.45, 7) is 4.13. The summed E-state index contributed by atoms with van der Waals surface area (Å²) in [5.41, 5.74) is 7.50. The first-order valence-electron chi connectivity index (χ1n) is 4.61. The van der Waals surface area contributed by atoms with Crippen LogP contribution < -0.4 is 11.1 Å². The predicted octanol–water partition coefficient (Wildman–Crippen LogP) is 2.14. The van der Waals surface area contributed by atoms with Crippen molar-refractivity contribution >= 4 is 23.3 Å². The topological polar surface area (TPSA) is 50.9 Å². The summed E-state index contributed by atoms with van der Waals surface area (Å²) in [6, 6.07) is 2.41. The van der Waals surface area contributed by atoms with Crippen LogP contribution in [0.4, 0.5) is 11.5 Å². The van der Waals surface area contributed by atoms with Gasteiger partial charge in [0, 0.05) is 11.8 Å². The fraction of sp³-hybridized carbons (Fsp3) is 0.500. The molecule has 1 aromatic heterocycles. The van der Waals surface area contributed by atoms with Crippen molar-refractivity contribution in [3.63, 3.8) is 0 Å². The lowest BCUT2D eigenvalue weighted by molar-refractivity contribution is 0.903. The minimum Gasteiger partial charge on any atom is -0.397 e. The lowest BCUT2D eigenvalue weighted by Crippen LogP contribution is -2.18. The first-order valence-corrected chi connectivity index (χ1v) is 6.00. The summed E-state index contributed by atoms with van der Waals surface area (Å²) in [5, 5.41) is 3.32. The van der Waals surface area contributed by atoms with E-state index in [1.54, 1.807) is 6.20 Å². The molecule has 0 saturated carbocycles. The second-order valence-corrected chi connectivity index (χ2v) is 4.34. The molecule has 0 bridgehead atoms. The lowest BCUT2D eigenvalue weighted by Gasteiger charge is -2.13. The van der Waals surface area contributed by atoms with Gasteiger partial charge in [-0.15, -0.1) is 0 Å². The number of rotatable bonds is 4. The summed E-state index contributed by atoms with van der Waals surface area (Å²) >= 11 is 1.82. The van der Waals surface area contributed by atoms with Crippen LogP contribution in [0.25, 0.3) is 0 Å². The summed E-state index contributed by atoms with van der Waals surface area (Å²) in [6.07, 6.45) is 3.79. The number of nitrogens with one attached hydrogen (secondary N) is 1. The third-order valence-corrected chi connectivity index (χ3v) is 2.80. The van der Waals surface area contributed by atoms with Gasteiger partial charge in [-0.25, -0.2) is 4.98 Å². The van der Waals surface area contributed by atoms with Gasteiger partial charge in [0.05, 0.1) is 11.9 Å². The summed E-state index contributed by atoms with van der Waals surface area (Å²) in [7, 11) is 0. The second kappa shape index (κ2) is 5.10. The second-order valence-electron chi connectivity index (χ2n) is 3.43. The fourth-order valence-corrected chi connectivity index (χ4v) is 1.77. The van der Waals surface area contributed by atoms with Crippen molar-refractivity contribution in [2.75, 3.05) is 23.1 Å². The average molecular weight is 211 g/mol. The van der Waals surface area contributed by atoms with Gasteiger partial charge in [0.25, 0.3) is 0 Å². The smallest absolute Gasteiger partial charge is 0.126 e. The summed E-state index contributed by atoms with van der Waals surface area (Å²) in [4.78, 5) is 4.22. The molecule has 0 fully saturated rings. The molecule has 1 unspecified atom stereocenters. The van der Waals surface area contributed by atoms with Crippen molar-refractivity contribution in [2.24, 2.45) is 0 Å². The number of hydrogen-bond donors (Lipinski definition) is 2. The molecule has 1 aromatic rings. The molecule has 0 aliphatic rings. The molecular formula is C10H17N3S. The molecule has 1 atom stereocenters. The van der Waals surface area contributed by atoms with E-state index in [1.807, 2.05) is 24.8 Å². The zero-order chi connectivity index (χ0) is 10.6. The number of nitrogens with two attached hydrogens (primary N) is 1. The first kappa shape index (κ1) is 11.2. The van der Waals surface area contributed by atoms with Gasteiger partial charge in [0.15, 0.2) is 0 Å². The fourth-order valence-electron chi connectivity index (χ4n) is 1.19. The van der Waals surface area contributed by atoms with Crippen LogP contribution in [0.1, 0.15) is 12.5 Å². The van der Waals surface area contributed by atoms with Crippen LogP contribution in [0.2, 0.25) is 0 Å². The van der Waals surface area contributed by atoms with Crippen molar-refractivity contribution in [2.45, 2.75) is 19.9 Å². The number of nitrogens with zero attached hydrogens (tertiary/aromatic N) is 1. The Morgan fingerprint density at radius 1 is 1.64 bits per heavy atom. The van der Waals surface area contributed by atoms with E-state index in [9.17, 15) is 0 Å². The number of hydrogen-bond acceptors (Lipinski definition) is 4. The molecule has 0 aliphatic heterocycles. The highest BCUT2D eigenvalue weighted by molar-refractivity contribution is 7.98. The molecule has 0 saturated heterocycles. The van der Waals surface area contributed by atoms with Crippen molar-refractivity contribution in [3.05, 3.63) is 17.8 Å². The van der Waals surface area contributed by atoms with Crippen LogP contribution in [0.15, 0.2) is 12.3 Å². The van der Waals surface area contributed by atoms with Crippen LogP contribution in [-0.4, -0.2) is 23.0 Å². The van der Waals surface area contributed by atoms with Crippen molar-refractivity contribution in [3.8, 4) is 0 Å². The average Bonchev–Trinajstić information content (AvgIpc) is 2.12. The van der Waals surface area contributed by atoms with Gasteiger partial charge in [0.1, 0.15) is 5.82 Å². The van der Waals surface area contributed by atoms with E-state index in [2.05, 4.69) is 23.5 Å². The minimum absolute atomic E-state index is 0.431. The Hall–Kier alpha value is -0.900. The van der Waals surface area contributed by atoms with Gasteiger partial charge in [-0.1, -0.05) is 0 Å². The van der Waals surface area contributed by atoms with Gasteiger partial charge in [-0.05, 0) is 31.7 Å². The van der Waals surface area contributed by atoms with Crippen molar-refractivity contribution in [1.29, 1.82) is 0 Å². The quantitative estimate of drug-likeness (QED) is 0.801. The molecule has 1 heterocycles. The maximum absolute atomic E-state index is 5.68. The van der Waals surface area contributed by atoms with E-state index in [0.717, 1.165) is 22.8 Å². The lowest BCUT2D eigenvalue weighted by atomic mass is 10.2. The SMILES string of the molecule is CSCC(C)Nc1cc(C)c(N)cn1. The predicted molar refractivity (Wildman–Crippen MR) is 64.9 cm³/mol. The maximum atomic E-state index is 5.68. The monoisotopic (exact) mass is 211 g/mol. The zero-order valence-corrected chi connectivity index (χ0v) is 9.69. The molecule has 0 aliphatic carbocycles. The molecule has 1 rings (SSSR count). The zero-order valence-electron chi connectivity index (χ0n) is 8.87. The molecule has 78 valence electrons. The number of anilines is 2. The number of nitrogen functional groups attached to an aromatic ring is 1. The number of pyridine rings is 1. The summed E-state index contributed by atoms with van der Waals surface area (Å²) in [5.74, 6) is 1.98. The Balaban J connectivity index is 2.63. The van der Waals surface area contributed by atoms with Crippen molar-refractivity contribution in [1.82, 2.24) is 4.98 Å². The highest BCUT2D eigenvalue weighted by atomic mass is 32.2. The van der Waals surface area contributed by atoms with Gasteiger partial charge < -0.3 is 11.1 Å². The molecule has 3 nitrogen and oxygen atoms in total. The number of thioether (sulfide) groups is 1. The van der Waals surface area contributed by atoms with E-state index in [-0.39, 0.29) is 0 Å². The van der Waals surface area contributed by atoms with Crippen LogP contribution in [0.3, 0.4) is 0 Å². The van der Waals surface area contributed by atoms with E-state index < -0.39 is 0 Å². The molecule has 0 spiro atoms. The Kier molecular flexibility index (Phi) is 4.07. The van der Waals surface area contributed by atoms with Gasteiger partial charge in [-0.3, -0.25) is 0 Å². The Labute approximate surface area is 89.5 Å². The largest absolute Gasteiger partial charge is 0.397 e. The third kappa shape index (κ3) is 3.10. The minimum atomic E-state index is 0.431. The van der Waals surface area contributed by atoms with E-state index in [1.165, 1.54) is 0 Å². The Bertz CT molecular complexity index is 301. The van der Waals surface area contributed by atoms with Crippen LogP contribution in [-0.2, 0) is 0 Å². The molecule has 0 amide bonds. The maximum Gasteiger partial charge on any atom is 0.126 e. The molecular weight excluding hydrogens is 194 g/mol. The number of aromatic nitrogens is 1. The van der Waals surface area contributed by atoms with Gasteiger partial charge in [-0.2, -0.15) is 11.8 Å². The van der Waals surface area contributed by atoms with E-state index in [4.69, 9.17) is 5.73 Å². The normalized spacial score (nSPS) is 12.5. The van der Waals surface area contributed by atoms with Crippen LogP contribution in [0.5, 0.6) is 0 Å². The molecule has 0 radical (unpaired) electrons. The van der Waals surface area contributed by atoms with Gasteiger partial charge >= 0.3 is 0 Å².